The average molecular weight is 324 g/mol. The Hall–Kier alpha value is -2.39. The zero-order valence-electron chi connectivity index (χ0n) is 13.4. The van der Waals surface area contributed by atoms with Crippen molar-refractivity contribution in [2.45, 2.75) is 12.3 Å². The first kappa shape index (κ1) is 16.5. The number of aliphatic hydroxyl groups is 1. The second kappa shape index (κ2) is 7.45. The fraction of sp³-hybridized carbons (Fsp3) is 0.316. The highest BCUT2D eigenvalue weighted by molar-refractivity contribution is 5.35. The first-order valence-corrected chi connectivity index (χ1v) is 7.96. The fourth-order valence-corrected chi connectivity index (χ4v) is 2.75. The second-order valence-electron chi connectivity index (χ2n) is 5.69. The van der Waals surface area contributed by atoms with Crippen LogP contribution in [0.3, 0.4) is 0 Å². The third-order valence-electron chi connectivity index (χ3n) is 4.11. The molecule has 0 bridgehead atoms. The van der Waals surface area contributed by atoms with E-state index >= 15 is 0 Å². The van der Waals surface area contributed by atoms with Crippen LogP contribution in [0.5, 0.6) is 5.75 Å². The molecular formula is C19H20N2O3. The molecule has 24 heavy (non-hydrogen) atoms. The summed E-state index contributed by atoms with van der Waals surface area (Å²) in [5.41, 5.74) is -0.0975. The molecule has 0 aliphatic carbocycles. The maximum absolute atomic E-state index is 10.9. The topological polar surface area (TPSA) is 65.7 Å². The number of hydrogen-bond donors (Lipinski definition) is 1. The van der Waals surface area contributed by atoms with Crippen LogP contribution in [0.1, 0.15) is 11.1 Å². The first-order chi connectivity index (χ1) is 11.7. The number of rotatable bonds is 5. The monoisotopic (exact) mass is 324 g/mol. The zero-order chi connectivity index (χ0) is 16.8. The molecule has 1 aliphatic heterocycles. The molecule has 1 aliphatic rings. The molecule has 5 nitrogen and oxygen atoms in total. The standard InChI is InChI=1S/C19H20N2O3/c20-15-19(22,21-9-11-23-12-10-21)17-7-4-8-18(13-17)24-14-16-5-2-1-3-6-16/h1-8,13,22H,9-12,14H2. The quantitative estimate of drug-likeness (QED) is 0.855. The normalized spacial score (nSPS) is 17.7. The Morgan fingerprint density at radius 2 is 1.88 bits per heavy atom. The third-order valence-corrected chi connectivity index (χ3v) is 4.11. The smallest absolute Gasteiger partial charge is 0.235 e. The van der Waals surface area contributed by atoms with E-state index in [4.69, 9.17) is 9.47 Å². The van der Waals surface area contributed by atoms with Gasteiger partial charge in [-0.15, -0.1) is 0 Å². The van der Waals surface area contributed by atoms with Gasteiger partial charge in [0.25, 0.3) is 0 Å². The second-order valence-corrected chi connectivity index (χ2v) is 5.69. The summed E-state index contributed by atoms with van der Waals surface area (Å²) in [6.07, 6.45) is 0. The molecule has 0 aromatic heterocycles. The van der Waals surface area contributed by atoms with Gasteiger partial charge in [0.15, 0.2) is 0 Å². The van der Waals surface area contributed by atoms with Crippen molar-refractivity contribution in [3.63, 3.8) is 0 Å². The van der Waals surface area contributed by atoms with Crippen molar-refractivity contribution in [2.24, 2.45) is 0 Å². The lowest BCUT2D eigenvalue weighted by Crippen LogP contribution is -2.50. The molecule has 0 amide bonds. The minimum absolute atomic E-state index is 0.437. The fourth-order valence-electron chi connectivity index (χ4n) is 2.75. The highest BCUT2D eigenvalue weighted by Gasteiger charge is 2.37. The maximum atomic E-state index is 10.9. The van der Waals surface area contributed by atoms with Crippen LogP contribution in [-0.2, 0) is 17.1 Å². The van der Waals surface area contributed by atoms with E-state index in [-0.39, 0.29) is 0 Å². The molecule has 5 heteroatoms. The van der Waals surface area contributed by atoms with Gasteiger partial charge in [-0.05, 0) is 17.7 Å². The van der Waals surface area contributed by atoms with Gasteiger partial charge in [0.05, 0.1) is 13.2 Å². The lowest BCUT2D eigenvalue weighted by atomic mass is 10.0. The summed E-state index contributed by atoms with van der Waals surface area (Å²) in [7, 11) is 0. The van der Waals surface area contributed by atoms with Gasteiger partial charge in [-0.3, -0.25) is 4.90 Å². The van der Waals surface area contributed by atoms with Crippen LogP contribution in [-0.4, -0.2) is 36.3 Å². The van der Waals surface area contributed by atoms with Crippen molar-refractivity contribution in [3.8, 4) is 11.8 Å². The molecule has 1 unspecified atom stereocenters. The van der Waals surface area contributed by atoms with Crippen LogP contribution in [0, 0.1) is 11.3 Å². The Morgan fingerprint density at radius 3 is 2.58 bits per heavy atom. The van der Waals surface area contributed by atoms with Gasteiger partial charge in [0.2, 0.25) is 5.72 Å². The summed E-state index contributed by atoms with van der Waals surface area (Å²) in [5.74, 6) is 0.623. The first-order valence-electron chi connectivity index (χ1n) is 7.96. The zero-order valence-corrected chi connectivity index (χ0v) is 13.4. The van der Waals surface area contributed by atoms with Gasteiger partial charge < -0.3 is 14.6 Å². The molecule has 1 saturated heterocycles. The number of ether oxygens (including phenoxy) is 2. The molecule has 124 valence electrons. The SMILES string of the molecule is N#CC(O)(c1cccc(OCc2ccccc2)c1)N1CCOCC1. The van der Waals surface area contributed by atoms with Crippen molar-refractivity contribution in [3.05, 3.63) is 65.7 Å². The summed E-state index contributed by atoms with van der Waals surface area (Å²) in [6.45, 7) is 2.48. The van der Waals surface area contributed by atoms with E-state index in [2.05, 4.69) is 0 Å². The summed E-state index contributed by atoms with van der Waals surface area (Å²) >= 11 is 0. The van der Waals surface area contributed by atoms with Crippen molar-refractivity contribution in [1.82, 2.24) is 4.90 Å². The van der Waals surface area contributed by atoms with Crippen LogP contribution in [0.2, 0.25) is 0 Å². The molecule has 0 spiro atoms. The van der Waals surface area contributed by atoms with Crippen molar-refractivity contribution in [2.75, 3.05) is 26.3 Å². The van der Waals surface area contributed by atoms with Gasteiger partial charge in [0.1, 0.15) is 18.4 Å². The van der Waals surface area contributed by atoms with E-state index in [9.17, 15) is 10.4 Å². The Morgan fingerprint density at radius 1 is 1.12 bits per heavy atom. The largest absolute Gasteiger partial charge is 0.489 e. The van der Waals surface area contributed by atoms with Crippen molar-refractivity contribution >= 4 is 0 Å². The minimum atomic E-state index is -1.67. The van der Waals surface area contributed by atoms with Crippen molar-refractivity contribution < 1.29 is 14.6 Å². The number of nitrogens with zero attached hydrogens (tertiary/aromatic N) is 2. The number of nitriles is 1. The highest BCUT2D eigenvalue weighted by Crippen LogP contribution is 2.29. The molecule has 1 heterocycles. The predicted octanol–water partition coefficient (Wildman–Crippen LogP) is 2.27. The molecular weight excluding hydrogens is 304 g/mol. The lowest BCUT2D eigenvalue weighted by Gasteiger charge is -2.37. The van der Waals surface area contributed by atoms with Gasteiger partial charge in [0, 0.05) is 18.7 Å². The molecule has 3 rings (SSSR count). The molecule has 0 radical (unpaired) electrons. The van der Waals surface area contributed by atoms with E-state index in [1.54, 1.807) is 23.1 Å². The van der Waals surface area contributed by atoms with Crippen molar-refractivity contribution in [1.29, 1.82) is 5.26 Å². The van der Waals surface area contributed by atoms with Crippen LogP contribution in [0.25, 0.3) is 0 Å². The Labute approximate surface area is 141 Å². The molecule has 0 saturated carbocycles. The Bertz CT molecular complexity index is 708. The van der Waals surface area contributed by atoms with Crippen LogP contribution >= 0.6 is 0 Å². The van der Waals surface area contributed by atoms with E-state index < -0.39 is 5.72 Å². The summed E-state index contributed by atoms with van der Waals surface area (Å²) in [5, 5.41) is 20.4. The van der Waals surface area contributed by atoms with Gasteiger partial charge in [-0.1, -0.05) is 42.5 Å². The average Bonchev–Trinajstić information content (AvgIpc) is 2.67. The number of hydrogen-bond acceptors (Lipinski definition) is 5. The van der Waals surface area contributed by atoms with E-state index in [1.165, 1.54) is 0 Å². The predicted molar refractivity (Wildman–Crippen MR) is 89.1 cm³/mol. The van der Waals surface area contributed by atoms with E-state index in [0.717, 1.165) is 5.56 Å². The van der Waals surface area contributed by atoms with Gasteiger partial charge in [-0.2, -0.15) is 5.26 Å². The number of morpholine rings is 1. The van der Waals surface area contributed by atoms with Crippen LogP contribution in [0.15, 0.2) is 54.6 Å². The van der Waals surface area contributed by atoms with Gasteiger partial charge in [-0.25, -0.2) is 0 Å². The summed E-state index contributed by atoms with van der Waals surface area (Å²) < 4.78 is 11.1. The van der Waals surface area contributed by atoms with Crippen LogP contribution < -0.4 is 4.74 Å². The minimum Gasteiger partial charge on any atom is -0.489 e. The number of benzene rings is 2. The van der Waals surface area contributed by atoms with Crippen LogP contribution in [0.4, 0.5) is 0 Å². The molecule has 2 aromatic rings. The molecule has 1 N–H and O–H groups in total. The lowest BCUT2D eigenvalue weighted by molar-refractivity contribution is -0.109. The Balaban J connectivity index is 1.77. The third kappa shape index (κ3) is 3.57. The maximum Gasteiger partial charge on any atom is 0.235 e. The summed E-state index contributed by atoms with van der Waals surface area (Å²) in [4.78, 5) is 1.73. The molecule has 1 atom stereocenters. The Kier molecular flexibility index (Phi) is 5.11. The highest BCUT2D eigenvalue weighted by atomic mass is 16.5. The molecule has 1 fully saturated rings. The van der Waals surface area contributed by atoms with Gasteiger partial charge >= 0.3 is 0 Å². The summed E-state index contributed by atoms with van der Waals surface area (Å²) in [6, 6.07) is 19.0. The molecule has 2 aromatic carbocycles. The van der Waals surface area contributed by atoms with E-state index in [1.807, 2.05) is 42.5 Å². The van der Waals surface area contributed by atoms with E-state index in [0.29, 0.717) is 44.2 Å².